The zero-order valence-electron chi connectivity index (χ0n) is 5.68. The Morgan fingerprint density at radius 1 is 1.75 bits per heavy atom. The Morgan fingerprint density at radius 2 is 2.25 bits per heavy atom. The van der Waals surface area contributed by atoms with Crippen molar-refractivity contribution in [3.05, 3.63) is 0 Å². The molecule has 0 aromatic carbocycles. The van der Waals surface area contributed by atoms with Crippen molar-refractivity contribution in [2.75, 3.05) is 13.6 Å². The summed E-state index contributed by atoms with van der Waals surface area (Å²) in [5.74, 6) is 0. The van der Waals surface area contributed by atoms with Crippen molar-refractivity contribution in [2.24, 2.45) is 0 Å². The molecule has 1 atom stereocenters. The van der Waals surface area contributed by atoms with Gasteiger partial charge in [0, 0.05) is 6.54 Å². The Hall–Kier alpha value is -0.120. The van der Waals surface area contributed by atoms with Gasteiger partial charge in [-0.25, -0.2) is 5.01 Å². The van der Waals surface area contributed by atoms with E-state index >= 15 is 0 Å². The zero-order valence-corrected chi connectivity index (χ0v) is 5.68. The third kappa shape index (κ3) is 2.26. The summed E-state index contributed by atoms with van der Waals surface area (Å²) in [5.41, 5.74) is 2.83. The van der Waals surface area contributed by atoms with Crippen LogP contribution in [0.25, 0.3) is 0 Å². The largest absolute Gasteiger partial charge is 0.377 e. The van der Waals surface area contributed by atoms with Gasteiger partial charge in [-0.15, -0.1) is 0 Å². The molecule has 2 N–H and O–H groups in total. The van der Waals surface area contributed by atoms with E-state index in [-0.39, 0.29) is 0 Å². The van der Waals surface area contributed by atoms with Crippen LogP contribution in [0.4, 0.5) is 0 Å². The van der Waals surface area contributed by atoms with Crippen LogP contribution in [0.2, 0.25) is 0 Å². The van der Waals surface area contributed by atoms with Crippen LogP contribution in [0.3, 0.4) is 0 Å². The molecular weight excluding hydrogens is 104 g/mol. The Labute approximate surface area is 50.3 Å². The lowest BCUT2D eigenvalue weighted by atomic mass is 10.6. The third-order valence-electron chi connectivity index (χ3n) is 1.08. The fourth-order valence-electron chi connectivity index (χ4n) is 0.609. The van der Waals surface area contributed by atoms with Crippen LogP contribution in [0.15, 0.2) is 0 Å². The lowest BCUT2D eigenvalue weighted by Crippen LogP contribution is -2.41. The molecule has 0 aromatic rings. The average Bonchev–Trinajstić information content (AvgIpc) is 1.69. The number of aliphatic hydroxyl groups excluding tert-OH is 1. The summed E-state index contributed by atoms with van der Waals surface area (Å²) < 4.78 is 0. The molecular formula is C5H14N2O. The number of aliphatic hydroxyl groups is 1. The maximum atomic E-state index is 8.88. The molecule has 0 fully saturated rings. The molecule has 0 saturated heterocycles. The lowest BCUT2D eigenvalue weighted by Gasteiger charge is -2.21. The van der Waals surface area contributed by atoms with E-state index in [4.69, 9.17) is 5.11 Å². The summed E-state index contributed by atoms with van der Waals surface area (Å²) in [6, 6.07) is 0. The zero-order chi connectivity index (χ0) is 6.57. The van der Waals surface area contributed by atoms with Crippen LogP contribution in [-0.2, 0) is 0 Å². The second-order valence-electron chi connectivity index (χ2n) is 1.64. The predicted octanol–water partition coefficient (Wildman–Crippen LogP) is -0.219. The molecule has 3 nitrogen and oxygen atoms in total. The van der Waals surface area contributed by atoms with Crippen molar-refractivity contribution in [1.82, 2.24) is 10.4 Å². The molecule has 0 rings (SSSR count). The third-order valence-corrected chi connectivity index (χ3v) is 1.08. The maximum absolute atomic E-state index is 8.88. The fraction of sp³-hybridized carbons (Fsp3) is 1.00. The number of hydrazine groups is 1. The summed E-state index contributed by atoms with van der Waals surface area (Å²) in [7, 11) is 1.79. The van der Waals surface area contributed by atoms with Crippen LogP contribution >= 0.6 is 0 Å². The lowest BCUT2D eigenvalue weighted by molar-refractivity contribution is -0.00815. The number of hydrogen-bond acceptors (Lipinski definition) is 3. The Kier molecular flexibility index (Phi) is 3.77. The number of rotatable bonds is 3. The number of nitrogens with one attached hydrogen (secondary N) is 1. The Bertz CT molecular complexity index is 52.4. The Morgan fingerprint density at radius 3 is 2.25 bits per heavy atom. The average molecular weight is 118 g/mol. The highest BCUT2D eigenvalue weighted by atomic mass is 16.3. The van der Waals surface area contributed by atoms with Crippen LogP contribution < -0.4 is 5.43 Å². The first kappa shape index (κ1) is 7.88. The molecule has 0 amide bonds. The van der Waals surface area contributed by atoms with Crippen LogP contribution in [0.1, 0.15) is 13.8 Å². The summed E-state index contributed by atoms with van der Waals surface area (Å²) in [6.07, 6.45) is -0.398. The van der Waals surface area contributed by atoms with Crippen molar-refractivity contribution in [1.29, 1.82) is 0 Å². The minimum Gasteiger partial charge on any atom is -0.377 e. The SMILES string of the molecule is CCN(NC)C(C)O. The maximum Gasteiger partial charge on any atom is 0.117 e. The van der Waals surface area contributed by atoms with Gasteiger partial charge in [0.1, 0.15) is 6.23 Å². The van der Waals surface area contributed by atoms with E-state index in [0.717, 1.165) is 6.54 Å². The molecule has 8 heavy (non-hydrogen) atoms. The van der Waals surface area contributed by atoms with Gasteiger partial charge in [-0.1, -0.05) is 6.92 Å². The van der Waals surface area contributed by atoms with Gasteiger partial charge in [-0.3, -0.25) is 5.43 Å². The molecule has 0 aliphatic rings. The minimum atomic E-state index is -0.398. The van der Waals surface area contributed by atoms with Crippen LogP contribution in [-0.4, -0.2) is 29.9 Å². The monoisotopic (exact) mass is 118 g/mol. The van der Waals surface area contributed by atoms with Gasteiger partial charge < -0.3 is 5.11 Å². The van der Waals surface area contributed by atoms with E-state index < -0.39 is 6.23 Å². The summed E-state index contributed by atoms with van der Waals surface area (Å²) in [5, 5.41) is 10.6. The van der Waals surface area contributed by atoms with E-state index in [1.165, 1.54) is 0 Å². The molecule has 0 heterocycles. The summed E-state index contributed by atoms with van der Waals surface area (Å²) in [4.78, 5) is 0. The van der Waals surface area contributed by atoms with E-state index in [9.17, 15) is 0 Å². The van der Waals surface area contributed by atoms with Gasteiger partial charge in [0.15, 0.2) is 0 Å². The van der Waals surface area contributed by atoms with Crippen molar-refractivity contribution in [3.63, 3.8) is 0 Å². The van der Waals surface area contributed by atoms with E-state index in [0.29, 0.717) is 0 Å². The van der Waals surface area contributed by atoms with Gasteiger partial charge in [-0.2, -0.15) is 0 Å². The predicted molar refractivity (Wildman–Crippen MR) is 33.1 cm³/mol. The summed E-state index contributed by atoms with van der Waals surface area (Å²) in [6.45, 7) is 4.51. The second-order valence-corrected chi connectivity index (χ2v) is 1.64. The highest BCUT2D eigenvalue weighted by Gasteiger charge is 2.02. The first-order chi connectivity index (χ1) is 3.72. The fourth-order valence-corrected chi connectivity index (χ4v) is 0.609. The molecule has 3 heteroatoms. The molecule has 1 unspecified atom stereocenters. The normalized spacial score (nSPS) is 14.6. The van der Waals surface area contributed by atoms with Gasteiger partial charge in [0.05, 0.1) is 0 Å². The summed E-state index contributed by atoms with van der Waals surface area (Å²) >= 11 is 0. The quantitative estimate of drug-likeness (QED) is 0.397. The smallest absolute Gasteiger partial charge is 0.117 e. The first-order valence-corrected chi connectivity index (χ1v) is 2.84. The molecule has 50 valence electrons. The molecule has 0 aliphatic carbocycles. The van der Waals surface area contributed by atoms with Crippen molar-refractivity contribution in [3.8, 4) is 0 Å². The Balaban J connectivity index is 3.35. The van der Waals surface area contributed by atoms with Gasteiger partial charge in [0.2, 0.25) is 0 Å². The van der Waals surface area contributed by atoms with Crippen LogP contribution in [0, 0.1) is 0 Å². The molecule has 0 aliphatic heterocycles. The minimum absolute atomic E-state index is 0.398. The molecule has 0 spiro atoms. The van der Waals surface area contributed by atoms with E-state index in [1.807, 2.05) is 6.92 Å². The van der Waals surface area contributed by atoms with Gasteiger partial charge in [0.25, 0.3) is 0 Å². The van der Waals surface area contributed by atoms with Crippen molar-refractivity contribution >= 4 is 0 Å². The van der Waals surface area contributed by atoms with Crippen LogP contribution in [0.5, 0.6) is 0 Å². The molecule has 0 bridgehead atoms. The molecule has 0 aromatic heterocycles. The van der Waals surface area contributed by atoms with Gasteiger partial charge >= 0.3 is 0 Å². The highest BCUT2D eigenvalue weighted by molar-refractivity contribution is 4.43. The van der Waals surface area contributed by atoms with E-state index in [1.54, 1.807) is 19.0 Å². The van der Waals surface area contributed by atoms with Gasteiger partial charge in [-0.05, 0) is 14.0 Å². The van der Waals surface area contributed by atoms with Crippen molar-refractivity contribution in [2.45, 2.75) is 20.1 Å². The highest BCUT2D eigenvalue weighted by Crippen LogP contribution is 1.85. The topological polar surface area (TPSA) is 35.5 Å². The molecule has 0 radical (unpaired) electrons. The second kappa shape index (κ2) is 3.83. The van der Waals surface area contributed by atoms with Crippen molar-refractivity contribution < 1.29 is 5.11 Å². The van der Waals surface area contributed by atoms with E-state index in [2.05, 4.69) is 5.43 Å². The first-order valence-electron chi connectivity index (χ1n) is 2.84. The molecule has 0 saturated carbocycles. The number of nitrogens with zero attached hydrogens (tertiary/aromatic N) is 1. The standard InChI is InChI=1S/C5H14N2O/c1-4-7(6-3)5(2)8/h5-6,8H,4H2,1-3H3. The number of hydrogen-bond donors (Lipinski definition) is 2.